The number of benzene rings is 1. The summed E-state index contributed by atoms with van der Waals surface area (Å²) in [6.07, 6.45) is -3.15. The molecule has 1 heterocycles. The Kier molecular flexibility index (Phi) is 5.10. The Bertz CT molecular complexity index is 644. The first-order valence-corrected chi connectivity index (χ1v) is 6.52. The molecule has 0 aliphatic heterocycles. The van der Waals surface area contributed by atoms with E-state index < -0.39 is 24.2 Å². The lowest BCUT2D eigenvalue weighted by atomic mass is 10.1. The molecule has 2 rings (SSSR count). The summed E-state index contributed by atoms with van der Waals surface area (Å²) >= 11 is 0. The Labute approximate surface area is 124 Å². The quantitative estimate of drug-likeness (QED) is 0.834. The van der Waals surface area contributed by atoms with Crippen molar-refractivity contribution in [2.45, 2.75) is 25.9 Å². The predicted molar refractivity (Wildman–Crippen MR) is 72.1 cm³/mol. The Morgan fingerprint density at radius 2 is 1.91 bits per heavy atom. The molecule has 1 aromatic carbocycles. The summed E-state index contributed by atoms with van der Waals surface area (Å²) < 4.78 is 51.6. The van der Waals surface area contributed by atoms with Gasteiger partial charge in [-0.15, -0.1) is 0 Å². The minimum atomic E-state index is -4.45. The molecule has 0 saturated carbocycles. The van der Waals surface area contributed by atoms with Gasteiger partial charge in [0.25, 0.3) is 0 Å². The lowest BCUT2D eigenvalue weighted by Crippen LogP contribution is -2.18. The van der Waals surface area contributed by atoms with Gasteiger partial charge in [0.1, 0.15) is 5.82 Å². The maximum atomic E-state index is 13.2. The van der Waals surface area contributed by atoms with E-state index in [4.69, 9.17) is 5.11 Å². The van der Waals surface area contributed by atoms with Gasteiger partial charge in [0, 0.05) is 24.8 Å². The number of aliphatic hydroxyl groups excluding tert-OH is 1. The van der Waals surface area contributed by atoms with E-state index in [9.17, 15) is 17.6 Å². The molecule has 118 valence electrons. The lowest BCUT2D eigenvalue weighted by Gasteiger charge is -2.12. The number of aliphatic hydroxyl groups is 1. The van der Waals surface area contributed by atoms with Gasteiger partial charge in [0.05, 0.1) is 17.9 Å². The van der Waals surface area contributed by atoms with E-state index >= 15 is 0 Å². The van der Waals surface area contributed by atoms with Gasteiger partial charge in [-0.05, 0) is 29.8 Å². The van der Waals surface area contributed by atoms with Crippen LogP contribution in [0.4, 0.5) is 17.6 Å². The third-order valence-electron chi connectivity index (χ3n) is 3.10. The van der Waals surface area contributed by atoms with Crippen LogP contribution < -0.4 is 5.32 Å². The fourth-order valence-electron chi connectivity index (χ4n) is 2.02. The maximum Gasteiger partial charge on any atom is 0.418 e. The van der Waals surface area contributed by atoms with Gasteiger partial charge in [-0.25, -0.2) is 4.39 Å². The van der Waals surface area contributed by atoms with E-state index in [0.717, 1.165) is 6.07 Å². The van der Waals surface area contributed by atoms with Crippen LogP contribution in [0.5, 0.6) is 0 Å². The van der Waals surface area contributed by atoms with E-state index in [1.807, 2.05) is 0 Å². The van der Waals surface area contributed by atoms with Crippen molar-refractivity contribution in [3.05, 3.63) is 64.7 Å². The summed E-state index contributed by atoms with van der Waals surface area (Å²) in [4.78, 5) is 3.74. The van der Waals surface area contributed by atoms with Crippen molar-refractivity contribution in [1.29, 1.82) is 0 Å². The van der Waals surface area contributed by atoms with E-state index in [0.29, 0.717) is 5.56 Å². The molecule has 0 radical (unpaired) electrons. The van der Waals surface area contributed by atoms with Crippen molar-refractivity contribution in [2.24, 2.45) is 0 Å². The van der Waals surface area contributed by atoms with Crippen LogP contribution in [0.25, 0.3) is 0 Å². The fraction of sp³-hybridized carbons (Fsp3) is 0.267. The Morgan fingerprint density at radius 3 is 2.59 bits per heavy atom. The molecule has 2 N–H and O–H groups in total. The van der Waals surface area contributed by atoms with E-state index in [1.165, 1.54) is 30.5 Å². The van der Waals surface area contributed by atoms with Crippen LogP contribution >= 0.6 is 0 Å². The number of nitrogens with zero attached hydrogens (tertiary/aromatic N) is 1. The average molecular weight is 314 g/mol. The number of alkyl halides is 3. The van der Waals surface area contributed by atoms with Crippen LogP contribution in [0, 0.1) is 5.82 Å². The second kappa shape index (κ2) is 6.85. The summed E-state index contributed by atoms with van der Waals surface area (Å²) in [6.45, 7) is -0.263. The number of nitrogens with one attached hydrogen (secondary N) is 1. The summed E-state index contributed by atoms with van der Waals surface area (Å²) in [5.74, 6) is -0.518. The van der Waals surface area contributed by atoms with Gasteiger partial charge >= 0.3 is 6.18 Å². The zero-order chi connectivity index (χ0) is 16.2. The predicted octanol–water partition coefficient (Wildman–Crippen LogP) is 3.02. The van der Waals surface area contributed by atoms with E-state index in [-0.39, 0.29) is 24.3 Å². The topological polar surface area (TPSA) is 45.1 Å². The third kappa shape index (κ3) is 4.02. The minimum Gasteiger partial charge on any atom is -0.392 e. The number of pyridine rings is 1. The highest BCUT2D eigenvalue weighted by Gasteiger charge is 2.33. The van der Waals surface area contributed by atoms with Crippen LogP contribution in [-0.2, 0) is 25.9 Å². The molecule has 0 amide bonds. The molecular weight excluding hydrogens is 300 g/mol. The highest BCUT2D eigenvalue weighted by atomic mass is 19.4. The monoisotopic (exact) mass is 314 g/mol. The zero-order valence-corrected chi connectivity index (χ0v) is 11.5. The van der Waals surface area contributed by atoms with E-state index in [1.54, 1.807) is 0 Å². The van der Waals surface area contributed by atoms with Gasteiger partial charge in [-0.3, -0.25) is 4.98 Å². The summed E-state index contributed by atoms with van der Waals surface area (Å²) in [5.41, 5.74) is -0.0693. The first kappa shape index (κ1) is 16.4. The van der Waals surface area contributed by atoms with Crippen LogP contribution in [0.3, 0.4) is 0 Å². The summed E-state index contributed by atoms with van der Waals surface area (Å²) in [5, 5.41) is 11.8. The standard InChI is InChI=1S/C15H14F4N2O/c16-13-4-3-10(6-11(13)9-22)7-20-8-14-12(15(17,18)19)2-1-5-21-14/h1-6,20,22H,7-9H2. The molecule has 0 saturated heterocycles. The minimum absolute atomic E-state index is 0.0679. The van der Waals surface area contributed by atoms with Crippen molar-refractivity contribution < 1.29 is 22.7 Å². The van der Waals surface area contributed by atoms with Crippen LogP contribution in [0.1, 0.15) is 22.4 Å². The molecule has 0 bridgehead atoms. The Morgan fingerprint density at radius 1 is 1.14 bits per heavy atom. The largest absolute Gasteiger partial charge is 0.418 e. The molecule has 0 spiro atoms. The molecule has 3 nitrogen and oxygen atoms in total. The molecule has 22 heavy (non-hydrogen) atoms. The zero-order valence-electron chi connectivity index (χ0n) is 11.5. The lowest BCUT2D eigenvalue weighted by molar-refractivity contribution is -0.138. The van der Waals surface area contributed by atoms with Gasteiger partial charge < -0.3 is 10.4 Å². The highest BCUT2D eigenvalue weighted by Crippen LogP contribution is 2.30. The van der Waals surface area contributed by atoms with Crippen LogP contribution in [0.2, 0.25) is 0 Å². The maximum absolute atomic E-state index is 13.2. The molecule has 0 aliphatic carbocycles. The SMILES string of the molecule is OCc1cc(CNCc2ncccc2C(F)(F)F)ccc1F. The van der Waals surface area contributed by atoms with Gasteiger partial charge in [-0.2, -0.15) is 13.2 Å². The molecule has 7 heteroatoms. The Balaban J connectivity index is 2.03. The Hall–Kier alpha value is -1.99. The number of rotatable bonds is 5. The second-order valence-electron chi connectivity index (χ2n) is 4.68. The smallest absolute Gasteiger partial charge is 0.392 e. The average Bonchev–Trinajstić information content (AvgIpc) is 2.48. The van der Waals surface area contributed by atoms with Gasteiger partial charge in [0.15, 0.2) is 0 Å². The number of halogens is 4. The first-order chi connectivity index (χ1) is 10.4. The summed E-state index contributed by atoms with van der Waals surface area (Å²) in [7, 11) is 0. The second-order valence-corrected chi connectivity index (χ2v) is 4.68. The number of hydrogen-bond donors (Lipinski definition) is 2. The summed E-state index contributed by atoms with van der Waals surface area (Å²) in [6, 6.07) is 6.39. The normalized spacial score (nSPS) is 11.7. The van der Waals surface area contributed by atoms with Gasteiger partial charge in [0.2, 0.25) is 0 Å². The van der Waals surface area contributed by atoms with Crippen molar-refractivity contribution in [1.82, 2.24) is 10.3 Å². The molecule has 0 fully saturated rings. The third-order valence-corrected chi connectivity index (χ3v) is 3.10. The highest BCUT2D eigenvalue weighted by molar-refractivity contribution is 5.25. The van der Waals surface area contributed by atoms with Crippen LogP contribution in [0.15, 0.2) is 36.5 Å². The molecule has 0 aliphatic rings. The van der Waals surface area contributed by atoms with Crippen molar-refractivity contribution >= 4 is 0 Å². The fourth-order valence-corrected chi connectivity index (χ4v) is 2.02. The van der Waals surface area contributed by atoms with Crippen molar-refractivity contribution in [2.75, 3.05) is 0 Å². The molecule has 0 unspecified atom stereocenters. The van der Waals surface area contributed by atoms with Gasteiger partial charge in [-0.1, -0.05) is 6.07 Å². The first-order valence-electron chi connectivity index (χ1n) is 6.52. The van der Waals surface area contributed by atoms with Crippen molar-refractivity contribution in [3.8, 4) is 0 Å². The number of aromatic nitrogens is 1. The number of hydrogen-bond acceptors (Lipinski definition) is 3. The molecule has 1 aromatic heterocycles. The molecule has 2 aromatic rings. The van der Waals surface area contributed by atoms with Crippen LogP contribution in [-0.4, -0.2) is 10.1 Å². The van der Waals surface area contributed by atoms with E-state index in [2.05, 4.69) is 10.3 Å². The molecule has 0 atom stereocenters. The molecular formula is C15H14F4N2O. The van der Waals surface area contributed by atoms with Crippen molar-refractivity contribution in [3.63, 3.8) is 0 Å².